The van der Waals surface area contributed by atoms with Crippen molar-refractivity contribution in [3.8, 4) is 5.75 Å². The van der Waals surface area contributed by atoms with Crippen LogP contribution in [-0.2, 0) is 0 Å². The maximum atomic E-state index is 14.3. The Bertz CT molecular complexity index is 1420. The average molecular weight is 437 g/mol. The number of hydrogen-bond donors (Lipinski definition) is 3. The van der Waals surface area contributed by atoms with Crippen LogP contribution in [0.2, 0.25) is 0 Å². The highest BCUT2D eigenvalue weighted by Gasteiger charge is 2.47. The van der Waals surface area contributed by atoms with Gasteiger partial charge in [-0.1, -0.05) is 6.07 Å². The Labute approximate surface area is 180 Å². The van der Waals surface area contributed by atoms with Crippen molar-refractivity contribution in [2.75, 3.05) is 11.9 Å². The molecule has 4 aromatic rings. The first-order valence-electron chi connectivity index (χ1n) is 10.2. The summed E-state index contributed by atoms with van der Waals surface area (Å²) in [4.78, 5) is 4.44. The van der Waals surface area contributed by atoms with Gasteiger partial charge in [-0.05, 0) is 29.8 Å². The standard InChI is InChI=1S/C23H18F3N5O/c24-16-4-3-12(15-9-30-31-21(15)16)19-14-6-18(32-11-7-23(25,26)8-11)22-13(2-1-5-28-22)20(14)29-10-17(19)27/h1-6,9,11,29H,7-8,10,27H2,(H,30,31). The highest BCUT2D eigenvalue weighted by atomic mass is 19.3. The van der Waals surface area contributed by atoms with Crippen LogP contribution in [0.3, 0.4) is 0 Å². The lowest BCUT2D eigenvalue weighted by molar-refractivity contribution is -0.134. The van der Waals surface area contributed by atoms with Gasteiger partial charge in [0.05, 0.1) is 18.4 Å². The summed E-state index contributed by atoms with van der Waals surface area (Å²) in [6.45, 7) is 0.387. The molecule has 6 nitrogen and oxygen atoms in total. The van der Waals surface area contributed by atoms with Gasteiger partial charge < -0.3 is 15.8 Å². The number of rotatable bonds is 3. The number of ether oxygens (including phenoxy) is 1. The molecule has 2 aliphatic rings. The van der Waals surface area contributed by atoms with Gasteiger partial charge in [-0.25, -0.2) is 13.2 Å². The minimum Gasteiger partial charge on any atom is -0.488 e. The molecule has 1 saturated carbocycles. The number of nitrogens with two attached hydrogens (primary N) is 1. The minimum atomic E-state index is -2.69. The lowest BCUT2D eigenvalue weighted by atomic mass is 9.88. The molecule has 162 valence electrons. The molecule has 3 heterocycles. The van der Waals surface area contributed by atoms with Crippen LogP contribution in [-0.4, -0.2) is 33.8 Å². The number of nitrogens with one attached hydrogen (secondary N) is 2. The molecule has 0 amide bonds. The van der Waals surface area contributed by atoms with Crippen molar-refractivity contribution in [1.82, 2.24) is 15.2 Å². The Morgan fingerprint density at radius 1 is 1.12 bits per heavy atom. The van der Waals surface area contributed by atoms with Crippen molar-refractivity contribution >= 4 is 33.1 Å². The Balaban J connectivity index is 1.56. The average Bonchev–Trinajstić information content (AvgIpc) is 3.24. The number of hydrogen-bond acceptors (Lipinski definition) is 5. The monoisotopic (exact) mass is 437 g/mol. The Kier molecular flexibility index (Phi) is 3.93. The normalized spacial score (nSPS) is 17.8. The summed E-state index contributed by atoms with van der Waals surface area (Å²) in [5.74, 6) is -2.69. The molecular weight excluding hydrogens is 419 g/mol. The zero-order chi connectivity index (χ0) is 22.0. The first-order chi connectivity index (χ1) is 15.4. The van der Waals surface area contributed by atoms with Gasteiger partial charge >= 0.3 is 0 Å². The zero-order valence-corrected chi connectivity index (χ0v) is 16.8. The highest BCUT2D eigenvalue weighted by Crippen LogP contribution is 2.46. The Hall–Kier alpha value is -3.75. The van der Waals surface area contributed by atoms with Crippen molar-refractivity contribution in [3.05, 3.63) is 65.4 Å². The third-order valence-electron chi connectivity index (χ3n) is 6.08. The maximum Gasteiger partial charge on any atom is 0.255 e. The van der Waals surface area contributed by atoms with Crippen molar-refractivity contribution in [1.29, 1.82) is 0 Å². The number of halogens is 3. The van der Waals surface area contributed by atoms with E-state index >= 15 is 0 Å². The summed E-state index contributed by atoms with van der Waals surface area (Å²) in [5.41, 5.74) is 10.9. The van der Waals surface area contributed by atoms with Crippen LogP contribution >= 0.6 is 0 Å². The van der Waals surface area contributed by atoms with Crippen LogP contribution in [0.5, 0.6) is 5.75 Å². The third kappa shape index (κ3) is 2.80. The van der Waals surface area contributed by atoms with E-state index in [-0.39, 0.29) is 12.8 Å². The summed E-state index contributed by atoms with van der Waals surface area (Å²) in [6.07, 6.45) is 1.97. The van der Waals surface area contributed by atoms with Crippen molar-refractivity contribution in [2.24, 2.45) is 5.73 Å². The first kappa shape index (κ1) is 19.0. The minimum absolute atomic E-state index is 0.290. The zero-order valence-electron chi connectivity index (χ0n) is 16.8. The third-order valence-corrected chi connectivity index (χ3v) is 6.08. The molecule has 0 spiro atoms. The van der Waals surface area contributed by atoms with Gasteiger partial charge in [-0.3, -0.25) is 10.1 Å². The summed E-state index contributed by atoms with van der Waals surface area (Å²) in [5, 5.41) is 11.4. The van der Waals surface area contributed by atoms with Gasteiger partial charge in [0, 0.05) is 46.6 Å². The van der Waals surface area contributed by atoms with Crippen molar-refractivity contribution in [2.45, 2.75) is 24.9 Å². The molecule has 1 aliphatic heterocycles. The van der Waals surface area contributed by atoms with E-state index in [1.54, 1.807) is 30.6 Å². The molecule has 0 atom stereocenters. The summed E-state index contributed by atoms with van der Waals surface area (Å²) in [6, 6.07) is 8.52. The fraction of sp³-hybridized carbons (Fsp3) is 0.217. The lowest BCUT2D eigenvalue weighted by Gasteiger charge is -2.35. The predicted octanol–water partition coefficient (Wildman–Crippen LogP) is 4.57. The molecule has 0 unspecified atom stereocenters. The SMILES string of the molecule is NC1=C(c2ccc(F)c3[nH]ncc23)c2cc(OC3CC(F)(F)C3)c3ncccc3c2NC1. The summed E-state index contributed by atoms with van der Waals surface area (Å²) >= 11 is 0. The van der Waals surface area contributed by atoms with Gasteiger partial charge in [-0.15, -0.1) is 0 Å². The molecule has 0 saturated heterocycles. The summed E-state index contributed by atoms with van der Waals surface area (Å²) < 4.78 is 47.0. The van der Waals surface area contributed by atoms with E-state index in [0.717, 1.165) is 27.8 Å². The molecule has 32 heavy (non-hydrogen) atoms. The van der Waals surface area contributed by atoms with Crippen LogP contribution in [0.1, 0.15) is 24.0 Å². The van der Waals surface area contributed by atoms with Gasteiger partial charge in [0.1, 0.15) is 28.7 Å². The second-order valence-corrected chi connectivity index (χ2v) is 8.21. The van der Waals surface area contributed by atoms with E-state index in [9.17, 15) is 13.2 Å². The molecule has 1 fully saturated rings. The van der Waals surface area contributed by atoms with Crippen LogP contribution < -0.4 is 15.8 Å². The van der Waals surface area contributed by atoms with Gasteiger partial charge in [0.2, 0.25) is 0 Å². The predicted molar refractivity (Wildman–Crippen MR) is 115 cm³/mol. The molecular formula is C23H18F3N5O. The molecule has 2 aromatic heterocycles. The maximum absolute atomic E-state index is 14.3. The molecule has 4 N–H and O–H groups in total. The van der Waals surface area contributed by atoms with E-state index in [2.05, 4.69) is 20.5 Å². The van der Waals surface area contributed by atoms with Crippen LogP contribution in [0.25, 0.3) is 27.4 Å². The van der Waals surface area contributed by atoms with Crippen LogP contribution in [0.15, 0.2) is 48.4 Å². The molecule has 1 aliphatic carbocycles. The first-order valence-corrected chi connectivity index (χ1v) is 10.2. The summed E-state index contributed by atoms with van der Waals surface area (Å²) in [7, 11) is 0. The van der Waals surface area contributed by atoms with Gasteiger partial charge in [0.15, 0.2) is 0 Å². The van der Waals surface area contributed by atoms with Gasteiger partial charge in [0.25, 0.3) is 5.92 Å². The number of H-pyrrole nitrogens is 1. The van der Waals surface area contributed by atoms with E-state index in [0.29, 0.717) is 34.4 Å². The number of anilines is 1. The molecule has 2 aromatic carbocycles. The number of aromatic amines is 1. The Morgan fingerprint density at radius 3 is 2.78 bits per heavy atom. The van der Waals surface area contributed by atoms with E-state index < -0.39 is 17.8 Å². The van der Waals surface area contributed by atoms with Gasteiger partial charge in [-0.2, -0.15) is 5.10 Å². The number of nitrogens with zero attached hydrogens (tertiary/aromatic N) is 2. The van der Waals surface area contributed by atoms with E-state index in [4.69, 9.17) is 10.5 Å². The van der Waals surface area contributed by atoms with Crippen LogP contribution in [0, 0.1) is 5.82 Å². The number of fused-ring (bicyclic) bond motifs is 4. The second kappa shape index (κ2) is 6.62. The topological polar surface area (TPSA) is 88.9 Å². The quantitative estimate of drug-likeness (QED) is 0.437. The van der Waals surface area contributed by atoms with Crippen molar-refractivity contribution < 1.29 is 17.9 Å². The van der Waals surface area contributed by atoms with Crippen LogP contribution in [0.4, 0.5) is 18.9 Å². The Morgan fingerprint density at radius 2 is 1.97 bits per heavy atom. The molecule has 0 bridgehead atoms. The number of alkyl halides is 2. The largest absolute Gasteiger partial charge is 0.488 e. The van der Waals surface area contributed by atoms with E-state index in [1.807, 2.05) is 6.07 Å². The fourth-order valence-electron chi connectivity index (χ4n) is 4.55. The number of pyridine rings is 1. The number of aromatic nitrogens is 3. The smallest absolute Gasteiger partial charge is 0.255 e. The molecule has 9 heteroatoms. The fourth-order valence-corrected chi connectivity index (χ4v) is 4.55. The molecule has 0 radical (unpaired) electrons. The molecule has 6 rings (SSSR count). The van der Waals surface area contributed by atoms with Crippen molar-refractivity contribution in [3.63, 3.8) is 0 Å². The van der Waals surface area contributed by atoms with E-state index in [1.165, 1.54) is 6.07 Å². The highest BCUT2D eigenvalue weighted by molar-refractivity contribution is 6.07. The number of benzene rings is 2. The second-order valence-electron chi connectivity index (χ2n) is 8.21. The lowest BCUT2D eigenvalue weighted by Crippen LogP contribution is -2.43.